The third kappa shape index (κ3) is 4.98. The van der Waals surface area contributed by atoms with Gasteiger partial charge in [-0.15, -0.1) is 11.8 Å². The molecule has 1 aromatic heterocycles. The zero-order chi connectivity index (χ0) is 25.3. The number of hydrogen-bond donors (Lipinski definition) is 0. The maximum atomic E-state index is 13.6. The molecule has 1 aliphatic rings. The molecule has 10 heteroatoms. The number of nitro groups is 1. The molecule has 0 saturated heterocycles. The minimum Gasteiger partial charge on any atom is -0.459 e. The quantitative estimate of drug-likeness (QED) is 0.217. The lowest BCUT2D eigenvalue weighted by Gasteiger charge is -2.25. The summed E-state index contributed by atoms with van der Waals surface area (Å²) >= 11 is 2.77. The lowest BCUT2D eigenvalue weighted by Crippen LogP contribution is -2.40. The van der Waals surface area contributed by atoms with Gasteiger partial charge in [-0.1, -0.05) is 35.6 Å². The standard InChI is InChI=1S/C25H23N3O5S2/c1-14(2)33-24(30)21-15(3)26-25-27(22(21)17-8-10-19(34-4)11-9-17)23(29)20(35-25)13-16-6-5-7-18(12-16)28(31)32/h5-14,22H,1-4H3. The first kappa shape index (κ1) is 24.6. The Kier molecular flexibility index (Phi) is 7.04. The predicted octanol–water partition coefficient (Wildman–Crippen LogP) is 3.82. The summed E-state index contributed by atoms with van der Waals surface area (Å²) in [6, 6.07) is 13.0. The maximum Gasteiger partial charge on any atom is 0.338 e. The van der Waals surface area contributed by atoms with Crippen molar-refractivity contribution < 1.29 is 14.5 Å². The van der Waals surface area contributed by atoms with Crippen LogP contribution in [0.25, 0.3) is 6.08 Å². The van der Waals surface area contributed by atoms with E-state index in [4.69, 9.17) is 4.74 Å². The number of benzene rings is 2. The van der Waals surface area contributed by atoms with Gasteiger partial charge < -0.3 is 4.74 Å². The number of nitrogens with zero attached hydrogens (tertiary/aromatic N) is 3. The average molecular weight is 510 g/mol. The molecule has 0 radical (unpaired) electrons. The van der Waals surface area contributed by atoms with Crippen LogP contribution in [0.3, 0.4) is 0 Å². The van der Waals surface area contributed by atoms with Crippen molar-refractivity contribution in [2.45, 2.75) is 37.8 Å². The van der Waals surface area contributed by atoms with Gasteiger partial charge in [-0.25, -0.2) is 9.79 Å². The predicted molar refractivity (Wildman–Crippen MR) is 136 cm³/mol. The highest BCUT2D eigenvalue weighted by atomic mass is 32.2. The Morgan fingerprint density at radius 1 is 1.26 bits per heavy atom. The molecule has 0 bridgehead atoms. The van der Waals surface area contributed by atoms with Crippen molar-refractivity contribution in [2.24, 2.45) is 4.99 Å². The average Bonchev–Trinajstić information content (AvgIpc) is 3.12. The molecule has 0 N–H and O–H groups in total. The Morgan fingerprint density at radius 2 is 1.97 bits per heavy atom. The van der Waals surface area contributed by atoms with E-state index in [1.54, 1.807) is 50.7 Å². The summed E-state index contributed by atoms with van der Waals surface area (Å²) in [5, 5.41) is 11.2. The monoisotopic (exact) mass is 509 g/mol. The molecule has 1 aliphatic heterocycles. The normalized spacial score (nSPS) is 15.7. The number of thioether (sulfide) groups is 1. The zero-order valence-corrected chi connectivity index (χ0v) is 21.2. The molecule has 2 aromatic carbocycles. The van der Waals surface area contributed by atoms with Crippen LogP contribution in [0.1, 0.15) is 37.9 Å². The Hall–Kier alpha value is -3.50. The number of thiazole rings is 1. The molecule has 180 valence electrons. The second-order valence-electron chi connectivity index (χ2n) is 8.16. The summed E-state index contributed by atoms with van der Waals surface area (Å²) in [7, 11) is 0. The Balaban J connectivity index is 1.92. The summed E-state index contributed by atoms with van der Waals surface area (Å²) in [5.41, 5.74) is 1.69. The number of esters is 1. The highest BCUT2D eigenvalue weighted by Gasteiger charge is 2.33. The van der Waals surface area contributed by atoms with Gasteiger partial charge in [0.05, 0.1) is 32.9 Å². The van der Waals surface area contributed by atoms with E-state index in [9.17, 15) is 19.7 Å². The maximum absolute atomic E-state index is 13.6. The van der Waals surface area contributed by atoms with Crippen LogP contribution in [-0.4, -0.2) is 27.8 Å². The Morgan fingerprint density at radius 3 is 2.60 bits per heavy atom. The molecule has 0 fully saturated rings. The van der Waals surface area contributed by atoms with E-state index < -0.39 is 16.9 Å². The summed E-state index contributed by atoms with van der Waals surface area (Å²) in [6.45, 7) is 5.27. The van der Waals surface area contributed by atoms with E-state index in [1.807, 2.05) is 30.5 Å². The van der Waals surface area contributed by atoms with Crippen molar-refractivity contribution >= 4 is 40.8 Å². The van der Waals surface area contributed by atoms with Gasteiger partial charge >= 0.3 is 5.97 Å². The second-order valence-corrected chi connectivity index (χ2v) is 10.0. The number of hydrogen-bond acceptors (Lipinski definition) is 8. The van der Waals surface area contributed by atoms with Crippen LogP contribution in [0, 0.1) is 10.1 Å². The number of rotatable bonds is 6. The van der Waals surface area contributed by atoms with E-state index in [0.717, 1.165) is 10.5 Å². The van der Waals surface area contributed by atoms with E-state index in [1.165, 1.54) is 28.0 Å². The lowest BCUT2D eigenvalue weighted by atomic mass is 9.96. The number of nitro benzene ring substituents is 1. The molecule has 0 saturated carbocycles. The number of aromatic nitrogens is 1. The highest BCUT2D eigenvalue weighted by molar-refractivity contribution is 7.98. The van der Waals surface area contributed by atoms with Gasteiger partial charge in [-0.05, 0) is 56.4 Å². The van der Waals surface area contributed by atoms with Crippen molar-refractivity contribution in [3.8, 4) is 0 Å². The molecular weight excluding hydrogens is 486 g/mol. The Bertz CT molecular complexity index is 1520. The van der Waals surface area contributed by atoms with E-state index >= 15 is 0 Å². The first-order valence-corrected chi connectivity index (χ1v) is 12.9. The third-order valence-corrected chi connectivity index (χ3v) is 7.12. The third-order valence-electron chi connectivity index (χ3n) is 5.39. The van der Waals surface area contributed by atoms with Gasteiger partial charge in [0.15, 0.2) is 4.80 Å². The number of non-ortho nitro benzene ring substituents is 1. The SMILES string of the molecule is CSc1ccc(C2C(C(=O)OC(C)C)=C(C)N=c3sc(=Cc4cccc([N+](=O)[O-])c4)c(=O)n32)cc1. The number of ether oxygens (including phenoxy) is 1. The van der Waals surface area contributed by atoms with Crippen LogP contribution >= 0.6 is 23.1 Å². The fourth-order valence-corrected chi connectivity index (χ4v) is 5.30. The molecule has 0 amide bonds. The Labute approximate surface area is 209 Å². The van der Waals surface area contributed by atoms with Crippen LogP contribution in [0.4, 0.5) is 5.69 Å². The van der Waals surface area contributed by atoms with Crippen LogP contribution < -0.4 is 14.9 Å². The highest BCUT2D eigenvalue weighted by Crippen LogP contribution is 2.32. The summed E-state index contributed by atoms with van der Waals surface area (Å²) in [4.78, 5) is 43.5. The van der Waals surface area contributed by atoms with Gasteiger partial charge in [0.2, 0.25) is 0 Å². The molecule has 4 rings (SSSR count). The molecule has 1 unspecified atom stereocenters. The molecule has 35 heavy (non-hydrogen) atoms. The number of carbonyl (C=O) groups excluding carboxylic acids is 1. The zero-order valence-electron chi connectivity index (χ0n) is 19.6. The van der Waals surface area contributed by atoms with Gasteiger partial charge in [0.25, 0.3) is 11.2 Å². The van der Waals surface area contributed by atoms with E-state index in [0.29, 0.717) is 26.2 Å². The number of carbonyl (C=O) groups is 1. The summed E-state index contributed by atoms with van der Waals surface area (Å²) < 4.78 is 7.37. The first-order chi connectivity index (χ1) is 16.7. The molecule has 0 aliphatic carbocycles. The number of allylic oxidation sites excluding steroid dienone is 1. The molecule has 3 aromatic rings. The summed E-state index contributed by atoms with van der Waals surface area (Å²) in [5.74, 6) is -0.520. The second kappa shape index (κ2) is 10.0. The lowest BCUT2D eigenvalue weighted by molar-refractivity contribution is -0.384. The molecular formula is C25H23N3O5S2. The van der Waals surface area contributed by atoms with Gasteiger partial charge in [-0.3, -0.25) is 19.5 Å². The van der Waals surface area contributed by atoms with Crippen LogP contribution in [-0.2, 0) is 9.53 Å². The van der Waals surface area contributed by atoms with Crippen molar-refractivity contribution in [1.29, 1.82) is 0 Å². The van der Waals surface area contributed by atoms with E-state index in [-0.39, 0.29) is 17.4 Å². The fraction of sp³-hybridized carbons (Fsp3) is 0.240. The largest absolute Gasteiger partial charge is 0.459 e. The minimum atomic E-state index is -0.708. The topological polar surface area (TPSA) is 104 Å². The van der Waals surface area contributed by atoms with Crippen molar-refractivity contribution in [3.05, 3.63) is 101 Å². The molecule has 2 heterocycles. The number of fused-ring (bicyclic) bond motifs is 1. The van der Waals surface area contributed by atoms with Crippen LogP contribution in [0.5, 0.6) is 0 Å². The minimum absolute atomic E-state index is 0.0622. The van der Waals surface area contributed by atoms with Gasteiger partial charge in [0.1, 0.15) is 0 Å². The molecule has 8 nitrogen and oxygen atoms in total. The van der Waals surface area contributed by atoms with Crippen molar-refractivity contribution in [3.63, 3.8) is 0 Å². The molecule has 1 atom stereocenters. The molecule has 0 spiro atoms. The van der Waals surface area contributed by atoms with Crippen LogP contribution in [0.15, 0.2) is 74.5 Å². The van der Waals surface area contributed by atoms with Crippen molar-refractivity contribution in [2.75, 3.05) is 6.26 Å². The van der Waals surface area contributed by atoms with Crippen molar-refractivity contribution in [1.82, 2.24) is 4.57 Å². The summed E-state index contributed by atoms with van der Waals surface area (Å²) in [6.07, 6.45) is 3.25. The van der Waals surface area contributed by atoms with Gasteiger partial charge in [0, 0.05) is 17.0 Å². The smallest absolute Gasteiger partial charge is 0.338 e. The fourth-order valence-electron chi connectivity index (χ4n) is 3.84. The van der Waals surface area contributed by atoms with Gasteiger partial charge in [-0.2, -0.15) is 0 Å². The first-order valence-electron chi connectivity index (χ1n) is 10.8. The van der Waals surface area contributed by atoms with E-state index in [2.05, 4.69) is 4.99 Å². The van der Waals surface area contributed by atoms with Crippen LogP contribution in [0.2, 0.25) is 0 Å².